The van der Waals surface area contributed by atoms with Crippen molar-refractivity contribution in [3.8, 4) is 0 Å². The molecule has 0 amide bonds. The maximum Gasteiger partial charge on any atom is 0.317 e. The lowest BCUT2D eigenvalue weighted by molar-refractivity contribution is -0.166. The summed E-state index contributed by atoms with van der Waals surface area (Å²) in [5.41, 5.74) is -0.212. The first-order chi connectivity index (χ1) is 9.35. The van der Waals surface area contributed by atoms with E-state index in [1.165, 1.54) is 0 Å². The van der Waals surface area contributed by atoms with Gasteiger partial charge in [-0.25, -0.2) is 0 Å². The van der Waals surface area contributed by atoms with Crippen molar-refractivity contribution in [2.24, 2.45) is 16.7 Å². The zero-order chi connectivity index (χ0) is 14.8. The molecule has 1 atom stereocenters. The monoisotopic (exact) mass is 278 g/mol. The van der Waals surface area contributed by atoms with Crippen molar-refractivity contribution in [2.45, 2.75) is 33.6 Å². The number of carbonyl (C=O) groups excluding carboxylic acids is 2. The Bertz CT molecular complexity index is 438. The van der Waals surface area contributed by atoms with Crippen molar-refractivity contribution < 1.29 is 19.1 Å². The van der Waals surface area contributed by atoms with Crippen molar-refractivity contribution >= 4 is 11.9 Å². The molecule has 1 aliphatic carbocycles. The molecule has 4 nitrogen and oxygen atoms in total. The molecule has 2 aliphatic rings. The Morgan fingerprint density at radius 2 is 1.70 bits per heavy atom. The van der Waals surface area contributed by atoms with Gasteiger partial charge in [-0.15, -0.1) is 0 Å². The first-order valence-corrected chi connectivity index (χ1v) is 7.01. The van der Waals surface area contributed by atoms with E-state index in [1.807, 2.05) is 12.2 Å². The second-order valence-corrected chi connectivity index (χ2v) is 6.52. The minimum atomic E-state index is -0.501. The third-order valence-corrected chi connectivity index (χ3v) is 4.40. The predicted molar refractivity (Wildman–Crippen MR) is 74.8 cm³/mol. The molecule has 0 N–H and O–H groups in total. The van der Waals surface area contributed by atoms with Crippen LogP contribution in [0.4, 0.5) is 0 Å². The van der Waals surface area contributed by atoms with E-state index >= 15 is 0 Å². The van der Waals surface area contributed by atoms with E-state index in [0.717, 1.165) is 6.42 Å². The van der Waals surface area contributed by atoms with Crippen LogP contribution < -0.4 is 0 Å². The zero-order valence-electron chi connectivity index (χ0n) is 12.3. The summed E-state index contributed by atoms with van der Waals surface area (Å²) in [4.78, 5) is 22.9. The Balaban J connectivity index is 2.28. The minimum Gasteiger partial charge on any atom is -0.465 e. The summed E-state index contributed by atoms with van der Waals surface area (Å²) in [6, 6.07) is 0. The Labute approximate surface area is 119 Å². The molecule has 1 heterocycles. The molecule has 1 saturated heterocycles. The third kappa shape index (κ3) is 2.79. The van der Waals surface area contributed by atoms with Crippen LogP contribution in [0.3, 0.4) is 0 Å². The van der Waals surface area contributed by atoms with Gasteiger partial charge in [0.1, 0.15) is 6.42 Å². The highest BCUT2D eigenvalue weighted by Gasteiger charge is 2.47. The predicted octanol–water partition coefficient (Wildman–Crippen LogP) is 2.64. The normalized spacial score (nSPS) is 28.6. The van der Waals surface area contributed by atoms with E-state index in [2.05, 4.69) is 32.9 Å². The molecule has 0 saturated carbocycles. The van der Waals surface area contributed by atoms with E-state index in [4.69, 9.17) is 9.47 Å². The summed E-state index contributed by atoms with van der Waals surface area (Å²) in [5, 5.41) is 0. The van der Waals surface area contributed by atoms with Crippen molar-refractivity contribution in [3.63, 3.8) is 0 Å². The van der Waals surface area contributed by atoms with Crippen LogP contribution in [0, 0.1) is 16.7 Å². The number of esters is 2. The lowest BCUT2D eigenvalue weighted by Gasteiger charge is -2.48. The molecule has 0 aromatic carbocycles. The van der Waals surface area contributed by atoms with Gasteiger partial charge in [-0.3, -0.25) is 9.59 Å². The number of rotatable bonds is 1. The van der Waals surface area contributed by atoms with Gasteiger partial charge < -0.3 is 9.47 Å². The fraction of sp³-hybridized carbons (Fsp3) is 0.625. The van der Waals surface area contributed by atoms with Crippen molar-refractivity contribution in [3.05, 3.63) is 24.3 Å². The SMILES string of the molecule is CC(C)(C)C1(C2COC(=O)CC(=O)OC2)C=CC=CC1. The fourth-order valence-corrected chi connectivity index (χ4v) is 3.06. The number of ether oxygens (including phenoxy) is 2. The van der Waals surface area contributed by atoms with Gasteiger partial charge >= 0.3 is 11.9 Å². The van der Waals surface area contributed by atoms with Gasteiger partial charge in [0.05, 0.1) is 13.2 Å². The maximum absolute atomic E-state index is 11.5. The van der Waals surface area contributed by atoms with Crippen molar-refractivity contribution in [1.82, 2.24) is 0 Å². The Hall–Kier alpha value is -1.58. The van der Waals surface area contributed by atoms with Gasteiger partial charge in [-0.2, -0.15) is 0 Å². The van der Waals surface area contributed by atoms with Crippen LogP contribution >= 0.6 is 0 Å². The lowest BCUT2D eigenvalue weighted by atomic mass is 9.57. The third-order valence-electron chi connectivity index (χ3n) is 4.40. The molecule has 4 heteroatoms. The molecule has 0 aromatic heterocycles. The standard InChI is InChI=1S/C16H22O4/c1-15(2,3)16(7-5-4-6-8-16)12-10-19-13(17)9-14(18)20-11-12/h4-7,12H,8-11H2,1-3H3. The zero-order valence-corrected chi connectivity index (χ0v) is 12.3. The van der Waals surface area contributed by atoms with E-state index in [-0.39, 0.29) is 23.2 Å². The fourth-order valence-electron chi connectivity index (χ4n) is 3.06. The Kier molecular flexibility index (Phi) is 4.02. The highest BCUT2D eigenvalue weighted by atomic mass is 16.6. The molecule has 110 valence electrons. The highest BCUT2D eigenvalue weighted by Crippen LogP contribution is 2.50. The summed E-state index contributed by atoms with van der Waals surface area (Å²) < 4.78 is 10.5. The van der Waals surface area contributed by atoms with Crippen LogP contribution in [-0.4, -0.2) is 25.2 Å². The van der Waals surface area contributed by atoms with Crippen LogP contribution in [0.15, 0.2) is 24.3 Å². The second kappa shape index (κ2) is 5.43. The second-order valence-electron chi connectivity index (χ2n) is 6.52. The number of cyclic esters (lactones) is 2. The Morgan fingerprint density at radius 3 is 2.15 bits per heavy atom. The molecule has 0 spiro atoms. The van der Waals surface area contributed by atoms with Gasteiger partial charge in [0, 0.05) is 11.3 Å². The van der Waals surface area contributed by atoms with E-state index < -0.39 is 11.9 Å². The largest absolute Gasteiger partial charge is 0.465 e. The number of hydrogen-bond acceptors (Lipinski definition) is 4. The summed E-state index contributed by atoms with van der Waals surface area (Å²) in [5.74, 6) is -1.03. The van der Waals surface area contributed by atoms with Gasteiger partial charge in [-0.05, 0) is 11.8 Å². The average molecular weight is 278 g/mol. The molecule has 0 aromatic rings. The maximum atomic E-state index is 11.5. The molecule has 1 fully saturated rings. The summed E-state index contributed by atoms with van der Waals surface area (Å²) in [6.45, 7) is 7.08. The molecule has 0 radical (unpaired) electrons. The van der Waals surface area contributed by atoms with Crippen molar-refractivity contribution in [1.29, 1.82) is 0 Å². The van der Waals surface area contributed by atoms with Crippen LogP contribution in [0.25, 0.3) is 0 Å². The van der Waals surface area contributed by atoms with E-state index in [1.54, 1.807) is 0 Å². The van der Waals surface area contributed by atoms with Crippen LogP contribution in [0.1, 0.15) is 33.6 Å². The highest BCUT2D eigenvalue weighted by molar-refractivity contribution is 5.91. The molecule has 1 aliphatic heterocycles. The van der Waals surface area contributed by atoms with E-state index in [9.17, 15) is 9.59 Å². The molecule has 2 rings (SSSR count). The first-order valence-electron chi connectivity index (χ1n) is 7.01. The van der Waals surface area contributed by atoms with Crippen LogP contribution in [0.5, 0.6) is 0 Å². The van der Waals surface area contributed by atoms with Gasteiger partial charge in [0.15, 0.2) is 0 Å². The van der Waals surface area contributed by atoms with Crippen molar-refractivity contribution in [2.75, 3.05) is 13.2 Å². The number of allylic oxidation sites excluding steroid dienone is 4. The lowest BCUT2D eigenvalue weighted by Crippen LogP contribution is -2.46. The first kappa shape index (κ1) is 14.8. The van der Waals surface area contributed by atoms with Crippen LogP contribution in [-0.2, 0) is 19.1 Å². The number of carbonyl (C=O) groups is 2. The van der Waals surface area contributed by atoms with E-state index in [0.29, 0.717) is 13.2 Å². The Morgan fingerprint density at radius 1 is 1.10 bits per heavy atom. The molecule has 0 bridgehead atoms. The molecule has 20 heavy (non-hydrogen) atoms. The summed E-state index contributed by atoms with van der Waals surface area (Å²) in [6.07, 6.45) is 8.90. The smallest absolute Gasteiger partial charge is 0.317 e. The molecular weight excluding hydrogens is 256 g/mol. The summed E-state index contributed by atoms with van der Waals surface area (Å²) >= 11 is 0. The van der Waals surface area contributed by atoms with Crippen LogP contribution in [0.2, 0.25) is 0 Å². The molecular formula is C16H22O4. The average Bonchev–Trinajstić information content (AvgIpc) is 2.36. The number of hydrogen-bond donors (Lipinski definition) is 0. The van der Waals surface area contributed by atoms with Gasteiger partial charge in [0.2, 0.25) is 0 Å². The minimum absolute atomic E-state index is 0.0306. The van der Waals surface area contributed by atoms with Gasteiger partial charge in [-0.1, -0.05) is 45.1 Å². The summed E-state index contributed by atoms with van der Waals surface area (Å²) in [7, 11) is 0. The van der Waals surface area contributed by atoms with Gasteiger partial charge in [0.25, 0.3) is 0 Å². The quantitative estimate of drug-likeness (QED) is 0.546. The molecule has 1 unspecified atom stereocenters. The topological polar surface area (TPSA) is 52.6 Å².